The summed E-state index contributed by atoms with van der Waals surface area (Å²) in [4.78, 5) is 32.2. The molecule has 0 saturated carbocycles. The number of carbonyl (C=O) groups excluding carboxylic acids is 2. The molecule has 6 nitrogen and oxygen atoms in total. The molecule has 1 aromatic heterocycles. The Morgan fingerprint density at radius 1 is 1.29 bits per heavy atom. The van der Waals surface area contributed by atoms with Crippen LogP contribution in [0.5, 0.6) is 0 Å². The summed E-state index contributed by atoms with van der Waals surface area (Å²) in [5.74, 6) is -0.726. The van der Waals surface area contributed by atoms with Gasteiger partial charge in [-0.1, -0.05) is 11.3 Å². The number of carbonyl (C=O) groups is 2. The predicted molar refractivity (Wildman–Crippen MR) is 84.5 cm³/mol. The van der Waals surface area contributed by atoms with E-state index < -0.39 is 5.97 Å². The Bertz CT molecular complexity index is 500. The molecule has 0 N–H and O–H groups in total. The maximum Gasteiger partial charge on any atom is 0.358 e. The normalized spacial score (nSPS) is 10.8. The van der Waals surface area contributed by atoms with Gasteiger partial charge in [0.15, 0.2) is 16.6 Å². The number of ketones is 1. The van der Waals surface area contributed by atoms with Gasteiger partial charge >= 0.3 is 5.97 Å². The quantitative estimate of drug-likeness (QED) is 0.540. The van der Waals surface area contributed by atoms with Gasteiger partial charge in [-0.05, 0) is 34.0 Å². The molecule has 0 aliphatic rings. The van der Waals surface area contributed by atoms with Crippen molar-refractivity contribution in [2.75, 3.05) is 45.7 Å². The smallest absolute Gasteiger partial charge is 0.358 e. The zero-order valence-electron chi connectivity index (χ0n) is 13.3. The van der Waals surface area contributed by atoms with Crippen LogP contribution in [0, 0.1) is 0 Å². The molecule has 0 aliphatic carbocycles. The van der Waals surface area contributed by atoms with E-state index in [0.717, 1.165) is 26.1 Å². The van der Waals surface area contributed by atoms with Gasteiger partial charge < -0.3 is 14.5 Å². The Morgan fingerprint density at radius 3 is 2.43 bits per heavy atom. The molecule has 0 atom stereocenters. The number of anilines is 1. The van der Waals surface area contributed by atoms with Crippen molar-refractivity contribution >= 4 is 28.2 Å². The van der Waals surface area contributed by atoms with Gasteiger partial charge in [-0.15, -0.1) is 0 Å². The first kappa shape index (κ1) is 17.6. The molecule has 118 valence electrons. The van der Waals surface area contributed by atoms with Crippen molar-refractivity contribution in [3.63, 3.8) is 0 Å². The van der Waals surface area contributed by atoms with Crippen molar-refractivity contribution in [3.05, 3.63) is 10.6 Å². The van der Waals surface area contributed by atoms with Gasteiger partial charge in [-0.2, -0.15) is 0 Å². The molecule has 1 aromatic rings. The number of Topliss-reactive ketones (excluding diaryl/α,β-unsaturated/α-hetero) is 1. The molecular weight excluding hydrogens is 290 g/mol. The predicted octanol–water partition coefficient (Wildman–Crippen LogP) is 1.91. The van der Waals surface area contributed by atoms with Gasteiger partial charge in [0.25, 0.3) is 0 Å². The second-order valence-corrected chi connectivity index (χ2v) is 5.94. The Hall–Kier alpha value is -1.47. The number of thiazole rings is 1. The summed E-state index contributed by atoms with van der Waals surface area (Å²) in [6.45, 7) is 6.05. The number of rotatable bonds is 8. The molecule has 0 amide bonds. The van der Waals surface area contributed by atoms with Gasteiger partial charge in [-0.25, -0.2) is 9.78 Å². The number of hydrogen-bond donors (Lipinski definition) is 0. The first-order valence-corrected chi connectivity index (χ1v) is 7.72. The van der Waals surface area contributed by atoms with Gasteiger partial charge in [-0.3, -0.25) is 4.79 Å². The van der Waals surface area contributed by atoms with Gasteiger partial charge in [0.1, 0.15) is 4.88 Å². The SMILES string of the molecule is CCN(CCCN(C)C)c1nc(C(=O)OC)c(C(C)=O)s1. The van der Waals surface area contributed by atoms with Crippen molar-refractivity contribution in [3.8, 4) is 0 Å². The van der Waals surface area contributed by atoms with E-state index in [-0.39, 0.29) is 11.5 Å². The lowest BCUT2D eigenvalue weighted by Crippen LogP contribution is -2.27. The second-order valence-electron chi connectivity index (χ2n) is 4.96. The van der Waals surface area contributed by atoms with E-state index in [1.54, 1.807) is 0 Å². The summed E-state index contributed by atoms with van der Waals surface area (Å²) in [5.41, 5.74) is 0.121. The first-order chi connectivity index (χ1) is 9.90. The molecule has 0 aliphatic heterocycles. The fraction of sp³-hybridized carbons (Fsp3) is 0.643. The fourth-order valence-corrected chi connectivity index (χ4v) is 2.92. The Balaban J connectivity index is 2.94. The monoisotopic (exact) mass is 313 g/mol. The lowest BCUT2D eigenvalue weighted by atomic mass is 10.3. The van der Waals surface area contributed by atoms with Crippen molar-refractivity contribution in [1.29, 1.82) is 0 Å². The molecule has 0 saturated heterocycles. The number of aromatic nitrogens is 1. The maximum absolute atomic E-state index is 11.7. The number of nitrogens with zero attached hydrogens (tertiary/aromatic N) is 3. The van der Waals surface area contributed by atoms with Crippen molar-refractivity contribution in [2.24, 2.45) is 0 Å². The molecule has 0 radical (unpaired) electrons. The van der Waals surface area contributed by atoms with Crippen LogP contribution in [-0.4, -0.2) is 62.5 Å². The van der Waals surface area contributed by atoms with Crippen LogP contribution in [0.15, 0.2) is 0 Å². The van der Waals surface area contributed by atoms with E-state index in [1.165, 1.54) is 25.4 Å². The average molecular weight is 313 g/mol. The van der Waals surface area contributed by atoms with E-state index >= 15 is 0 Å². The number of ether oxygens (including phenoxy) is 1. The highest BCUT2D eigenvalue weighted by atomic mass is 32.1. The van der Waals surface area contributed by atoms with Crippen LogP contribution in [0.3, 0.4) is 0 Å². The standard InChI is InChI=1S/C14H23N3O3S/c1-6-17(9-7-8-16(3)4)14-15-11(13(19)20-5)12(21-14)10(2)18/h6-9H2,1-5H3. The summed E-state index contributed by atoms with van der Waals surface area (Å²) in [5, 5.41) is 0.696. The largest absolute Gasteiger partial charge is 0.464 e. The molecule has 0 bridgehead atoms. The highest BCUT2D eigenvalue weighted by Crippen LogP contribution is 2.27. The summed E-state index contributed by atoms with van der Waals surface area (Å²) in [7, 11) is 5.35. The number of methoxy groups -OCH3 is 1. The van der Waals surface area contributed by atoms with Gasteiger partial charge in [0.05, 0.1) is 7.11 Å². The number of hydrogen-bond acceptors (Lipinski definition) is 7. The van der Waals surface area contributed by atoms with Crippen LogP contribution in [0.25, 0.3) is 0 Å². The summed E-state index contributed by atoms with van der Waals surface area (Å²) in [6, 6.07) is 0. The molecule has 0 fully saturated rings. The van der Waals surface area contributed by atoms with Crippen LogP contribution < -0.4 is 4.90 Å². The molecule has 0 spiro atoms. The van der Waals surface area contributed by atoms with E-state index in [2.05, 4.69) is 14.8 Å². The Morgan fingerprint density at radius 2 is 1.95 bits per heavy atom. The highest BCUT2D eigenvalue weighted by Gasteiger charge is 2.23. The van der Waals surface area contributed by atoms with Crippen LogP contribution in [0.4, 0.5) is 5.13 Å². The van der Waals surface area contributed by atoms with Crippen molar-refractivity contribution < 1.29 is 14.3 Å². The minimum atomic E-state index is -0.563. The number of esters is 1. The minimum absolute atomic E-state index is 0.121. The van der Waals surface area contributed by atoms with E-state index in [0.29, 0.717) is 10.0 Å². The zero-order chi connectivity index (χ0) is 16.0. The van der Waals surface area contributed by atoms with E-state index in [1.807, 2.05) is 21.0 Å². The topological polar surface area (TPSA) is 62.7 Å². The fourth-order valence-electron chi connectivity index (χ4n) is 1.88. The lowest BCUT2D eigenvalue weighted by molar-refractivity contribution is 0.0591. The van der Waals surface area contributed by atoms with E-state index in [9.17, 15) is 9.59 Å². The van der Waals surface area contributed by atoms with Crippen LogP contribution >= 0.6 is 11.3 Å². The summed E-state index contributed by atoms with van der Waals surface area (Å²) in [6.07, 6.45) is 0.989. The molecule has 21 heavy (non-hydrogen) atoms. The Labute approximate surface area is 129 Å². The molecule has 1 rings (SSSR count). The summed E-state index contributed by atoms with van der Waals surface area (Å²) < 4.78 is 4.69. The first-order valence-electron chi connectivity index (χ1n) is 6.90. The van der Waals surface area contributed by atoms with Gasteiger partial charge in [0, 0.05) is 20.0 Å². The highest BCUT2D eigenvalue weighted by molar-refractivity contribution is 7.17. The molecule has 0 unspecified atom stereocenters. The second kappa shape index (κ2) is 8.09. The third-order valence-electron chi connectivity index (χ3n) is 3.00. The molecule has 0 aromatic carbocycles. The average Bonchev–Trinajstić information content (AvgIpc) is 2.87. The minimum Gasteiger partial charge on any atom is -0.464 e. The van der Waals surface area contributed by atoms with Crippen LogP contribution in [0.2, 0.25) is 0 Å². The van der Waals surface area contributed by atoms with E-state index in [4.69, 9.17) is 4.74 Å². The third kappa shape index (κ3) is 4.78. The summed E-state index contributed by atoms with van der Waals surface area (Å²) >= 11 is 1.25. The van der Waals surface area contributed by atoms with Crippen molar-refractivity contribution in [2.45, 2.75) is 20.3 Å². The maximum atomic E-state index is 11.7. The van der Waals surface area contributed by atoms with Crippen molar-refractivity contribution in [1.82, 2.24) is 9.88 Å². The van der Waals surface area contributed by atoms with Crippen LogP contribution in [0.1, 0.15) is 40.4 Å². The third-order valence-corrected chi connectivity index (χ3v) is 4.22. The lowest BCUT2D eigenvalue weighted by Gasteiger charge is -2.20. The molecule has 7 heteroatoms. The Kier molecular flexibility index (Phi) is 6.77. The molecule has 1 heterocycles. The molecular formula is C14H23N3O3S. The van der Waals surface area contributed by atoms with Gasteiger partial charge in [0.2, 0.25) is 0 Å². The van der Waals surface area contributed by atoms with Crippen LogP contribution in [-0.2, 0) is 4.74 Å². The zero-order valence-corrected chi connectivity index (χ0v) is 14.1.